The standard InChI is InChI=1S/C27H26FN5O4/c1-4-16-8-11-21(20(28)12-16)30-22-14-23(35)31(3)25-24(22)26(36)33(18-9-10-18)27(37)32(25)19-7-5-6-17(13-19)29-15(2)34/h5-8,11-14,18,30H,4,9-10H2,1-3H3,(H,29,34). The molecule has 0 bridgehead atoms. The van der Waals surface area contributed by atoms with Crippen LogP contribution < -0.4 is 27.4 Å². The van der Waals surface area contributed by atoms with Crippen molar-refractivity contribution in [2.75, 3.05) is 10.6 Å². The van der Waals surface area contributed by atoms with Gasteiger partial charge in [0.2, 0.25) is 5.91 Å². The van der Waals surface area contributed by atoms with Crippen molar-refractivity contribution in [1.82, 2.24) is 13.7 Å². The second kappa shape index (κ2) is 9.20. The lowest BCUT2D eigenvalue weighted by Crippen LogP contribution is -2.41. The fourth-order valence-corrected chi connectivity index (χ4v) is 4.50. The van der Waals surface area contributed by atoms with Crippen molar-refractivity contribution in [3.05, 3.63) is 91.1 Å². The monoisotopic (exact) mass is 503 g/mol. The lowest BCUT2D eigenvalue weighted by atomic mass is 10.1. The molecule has 0 atom stereocenters. The quantitative estimate of drug-likeness (QED) is 0.418. The summed E-state index contributed by atoms with van der Waals surface area (Å²) in [4.78, 5) is 52.1. The van der Waals surface area contributed by atoms with Crippen molar-refractivity contribution >= 4 is 34.0 Å². The Kier molecular flexibility index (Phi) is 6.02. The number of nitrogens with one attached hydrogen (secondary N) is 2. The number of carbonyl (C=O) groups is 1. The molecule has 5 rings (SSSR count). The minimum Gasteiger partial charge on any atom is -0.352 e. The van der Waals surface area contributed by atoms with Crippen LogP contribution in [-0.4, -0.2) is 19.6 Å². The minimum atomic E-state index is -0.592. The molecule has 1 saturated carbocycles. The summed E-state index contributed by atoms with van der Waals surface area (Å²) >= 11 is 0. The molecule has 0 spiro atoms. The normalized spacial score (nSPS) is 13.1. The van der Waals surface area contributed by atoms with Gasteiger partial charge in [-0.1, -0.05) is 19.1 Å². The Morgan fingerprint density at radius 2 is 1.81 bits per heavy atom. The maximum atomic E-state index is 14.9. The van der Waals surface area contributed by atoms with E-state index in [1.807, 2.05) is 6.92 Å². The van der Waals surface area contributed by atoms with Crippen LogP contribution in [0, 0.1) is 5.82 Å². The van der Waals surface area contributed by atoms with Crippen LogP contribution in [-0.2, 0) is 18.3 Å². The first-order valence-corrected chi connectivity index (χ1v) is 12.0. The largest absolute Gasteiger partial charge is 0.352 e. The van der Waals surface area contributed by atoms with E-state index in [4.69, 9.17) is 0 Å². The first-order chi connectivity index (χ1) is 17.7. The Morgan fingerprint density at radius 1 is 1.05 bits per heavy atom. The van der Waals surface area contributed by atoms with Crippen molar-refractivity contribution in [1.29, 1.82) is 0 Å². The molecular formula is C27H26FN5O4. The predicted octanol–water partition coefficient (Wildman–Crippen LogP) is 3.59. The van der Waals surface area contributed by atoms with Gasteiger partial charge in [-0.3, -0.25) is 23.5 Å². The summed E-state index contributed by atoms with van der Waals surface area (Å²) in [6, 6.07) is 12.3. The van der Waals surface area contributed by atoms with Crippen molar-refractivity contribution in [2.45, 2.75) is 39.2 Å². The summed E-state index contributed by atoms with van der Waals surface area (Å²) in [5.41, 5.74) is 0.254. The van der Waals surface area contributed by atoms with Gasteiger partial charge >= 0.3 is 5.69 Å². The summed E-state index contributed by atoms with van der Waals surface area (Å²) in [5.74, 6) is -0.806. The van der Waals surface area contributed by atoms with Gasteiger partial charge in [0, 0.05) is 31.8 Å². The highest BCUT2D eigenvalue weighted by molar-refractivity contribution is 5.92. The van der Waals surface area contributed by atoms with E-state index in [1.165, 1.54) is 39.8 Å². The molecule has 2 heterocycles. The van der Waals surface area contributed by atoms with Crippen LogP contribution in [0.15, 0.2) is 62.9 Å². The topological polar surface area (TPSA) is 107 Å². The molecule has 2 N–H and O–H groups in total. The molecule has 2 aromatic carbocycles. The minimum absolute atomic E-state index is 0.0625. The van der Waals surface area contributed by atoms with Gasteiger partial charge in [-0.25, -0.2) is 13.8 Å². The molecular weight excluding hydrogens is 477 g/mol. The van der Waals surface area contributed by atoms with Crippen LogP contribution in [0.3, 0.4) is 0 Å². The Morgan fingerprint density at radius 3 is 2.46 bits per heavy atom. The Balaban J connectivity index is 1.84. The molecule has 190 valence electrons. The molecule has 0 radical (unpaired) electrons. The van der Waals surface area contributed by atoms with Gasteiger partial charge in [0.1, 0.15) is 16.9 Å². The van der Waals surface area contributed by atoms with E-state index in [-0.39, 0.29) is 34.4 Å². The fourth-order valence-electron chi connectivity index (χ4n) is 4.50. The molecule has 1 fully saturated rings. The van der Waals surface area contributed by atoms with E-state index in [0.29, 0.717) is 30.6 Å². The number of aromatic nitrogens is 3. The molecule has 37 heavy (non-hydrogen) atoms. The number of benzene rings is 2. The molecule has 1 aliphatic rings. The van der Waals surface area contributed by atoms with Crippen LogP contribution >= 0.6 is 0 Å². The van der Waals surface area contributed by atoms with Crippen molar-refractivity contribution in [2.24, 2.45) is 7.05 Å². The number of rotatable bonds is 6. The highest BCUT2D eigenvalue weighted by Crippen LogP contribution is 2.34. The first kappa shape index (κ1) is 24.2. The SMILES string of the molecule is CCc1ccc(Nc2cc(=O)n(C)c3c2c(=O)n(C2CC2)c(=O)n3-c2cccc(NC(C)=O)c2)c(F)c1. The average molecular weight is 504 g/mol. The van der Waals surface area contributed by atoms with Crippen LogP contribution in [0.1, 0.15) is 38.3 Å². The smallest absolute Gasteiger partial charge is 0.337 e. The number of hydrogen-bond acceptors (Lipinski definition) is 5. The number of amides is 1. The van der Waals surface area contributed by atoms with Crippen molar-refractivity contribution < 1.29 is 9.18 Å². The second-order valence-electron chi connectivity index (χ2n) is 9.20. The van der Waals surface area contributed by atoms with Gasteiger partial charge < -0.3 is 10.6 Å². The Labute approximate surface area is 210 Å². The Hall–Kier alpha value is -4.47. The van der Waals surface area contributed by atoms with E-state index >= 15 is 0 Å². The molecule has 10 heteroatoms. The van der Waals surface area contributed by atoms with Crippen LogP contribution in [0.2, 0.25) is 0 Å². The Bertz CT molecular complexity index is 1750. The zero-order valence-corrected chi connectivity index (χ0v) is 20.7. The number of carbonyl (C=O) groups excluding carboxylic acids is 1. The fraction of sp³-hybridized carbons (Fsp3) is 0.259. The zero-order valence-electron chi connectivity index (χ0n) is 20.7. The van der Waals surface area contributed by atoms with Crippen LogP contribution in [0.25, 0.3) is 16.7 Å². The van der Waals surface area contributed by atoms with Gasteiger partial charge in [-0.05, 0) is 55.2 Å². The first-order valence-electron chi connectivity index (χ1n) is 12.0. The van der Waals surface area contributed by atoms with E-state index in [9.17, 15) is 23.6 Å². The van der Waals surface area contributed by atoms with Crippen molar-refractivity contribution in [3.8, 4) is 5.69 Å². The van der Waals surface area contributed by atoms with Gasteiger partial charge in [0.05, 0.1) is 17.1 Å². The van der Waals surface area contributed by atoms with E-state index < -0.39 is 22.6 Å². The van der Waals surface area contributed by atoms with Crippen molar-refractivity contribution in [3.63, 3.8) is 0 Å². The zero-order chi connectivity index (χ0) is 26.4. The molecule has 9 nitrogen and oxygen atoms in total. The lowest BCUT2D eigenvalue weighted by Gasteiger charge is -2.19. The average Bonchev–Trinajstić information content (AvgIpc) is 3.68. The van der Waals surface area contributed by atoms with E-state index in [2.05, 4.69) is 10.6 Å². The van der Waals surface area contributed by atoms with Gasteiger partial charge in [0.25, 0.3) is 11.1 Å². The highest BCUT2D eigenvalue weighted by Gasteiger charge is 2.31. The highest BCUT2D eigenvalue weighted by atomic mass is 19.1. The maximum absolute atomic E-state index is 14.9. The number of fused-ring (bicyclic) bond motifs is 1. The second-order valence-corrected chi connectivity index (χ2v) is 9.20. The molecule has 0 saturated heterocycles. The summed E-state index contributed by atoms with van der Waals surface area (Å²) in [5, 5.41) is 5.69. The molecule has 0 unspecified atom stereocenters. The third-order valence-corrected chi connectivity index (χ3v) is 6.50. The molecule has 1 aliphatic carbocycles. The van der Waals surface area contributed by atoms with E-state index in [0.717, 1.165) is 5.56 Å². The van der Waals surface area contributed by atoms with E-state index in [1.54, 1.807) is 36.4 Å². The molecule has 2 aromatic heterocycles. The maximum Gasteiger partial charge on any atom is 0.337 e. The molecule has 1 amide bonds. The summed E-state index contributed by atoms with van der Waals surface area (Å²) in [6.45, 7) is 3.28. The number of anilines is 3. The summed E-state index contributed by atoms with van der Waals surface area (Å²) in [6.07, 6.45) is 2.00. The van der Waals surface area contributed by atoms with Crippen LogP contribution in [0.4, 0.5) is 21.5 Å². The number of hydrogen-bond donors (Lipinski definition) is 2. The molecule has 0 aliphatic heterocycles. The third kappa shape index (κ3) is 4.35. The number of nitrogens with zero attached hydrogens (tertiary/aromatic N) is 3. The summed E-state index contributed by atoms with van der Waals surface area (Å²) in [7, 11) is 1.47. The van der Waals surface area contributed by atoms with Crippen LogP contribution in [0.5, 0.6) is 0 Å². The van der Waals surface area contributed by atoms with Gasteiger partial charge in [-0.2, -0.15) is 0 Å². The number of aryl methyl sites for hydroxylation is 2. The summed E-state index contributed by atoms with van der Waals surface area (Å²) < 4.78 is 18.6. The lowest BCUT2D eigenvalue weighted by molar-refractivity contribution is -0.114. The van der Waals surface area contributed by atoms with Gasteiger partial charge in [0.15, 0.2) is 0 Å². The predicted molar refractivity (Wildman–Crippen MR) is 141 cm³/mol. The number of pyridine rings is 1. The third-order valence-electron chi connectivity index (χ3n) is 6.50. The molecule has 4 aromatic rings. The number of halogens is 1. The van der Waals surface area contributed by atoms with Gasteiger partial charge in [-0.15, -0.1) is 0 Å².